The van der Waals surface area contributed by atoms with Gasteiger partial charge in [-0.05, 0) is 43.0 Å². The highest BCUT2D eigenvalue weighted by Crippen LogP contribution is 2.24. The molecular formula is C13H20N2O2S. The summed E-state index contributed by atoms with van der Waals surface area (Å²) in [5.74, 6) is 0.511. The number of hydrogen-bond donors (Lipinski definition) is 2. The van der Waals surface area contributed by atoms with Crippen molar-refractivity contribution in [1.29, 1.82) is 0 Å². The maximum absolute atomic E-state index is 12.1. The van der Waals surface area contributed by atoms with Crippen molar-refractivity contribution in [2.75, 3.05) is 18.9 Å². The van der Waals surface area contributed by atoms with Crippen LogP contribution >= 0.6 is 0 Å². The van der Waals surface area contributed by atoms with E-state index in [1.807, 2.05) is 7.05 Å². The van der Waals surface area contributed by atoms with Crippen LogP contribution in [0.2, 0.25) is 0 Å². The largest absolute Gasteiger partial charge is 0.388 e. The normalized spacial score (nSPS) is 16.9. The quantitative estimate of drug-likeness (QED) is 0.860. The fourth-order valence-electron chi connectivity index (χ4n) is 2.33. The van der Waals surface area contributed by atoms with E-state index in [0.717, 1.165) is 18.5 Å². The van der Waals surface area contributed by atoms with Gasteiger partial charge < -0.3 is 5.32 Å². The Morgan fingerprint density at radius 1 is 1.17 bits per heavy atom. The molecule has 0 unspecified atom stereocenters. The number of rotatable bonds is 5. The molecule has 100 valence electrons. The minimum atomic E-state index is -3.35. The van der Waals surface area contributed by atoms with E-state index < -0.39 is 10.0 Å². The average Bonchev–Trinajstić information content (AvgIpc) is 2.90. The Hall–Kier alpha value is -1.07. The highest BCUT2D eigenvalue weighted by atomic mass is 32.2. The van der Waals surface area contributed by atoms with Gasteiger partial charge in [-0.3, -0.25) is 0 Å². The predicted octanol–water partition coefficient (Wildman–Crippen LogP) is 2.20. The molecular weight excluding hydrogens is 248 g/mol. The summed E-state index contributed by atoms with van der Waals surface area (Å²) in [5, 5.41) is 2.97. The van der Waals surface area contributed by atoms with E-state index in [1.165, 1.54) is 12.8 Å². The molecule has 0 spiro atoms. The van der Waals surface area contributed by atoms with E-state index in [2.05, 4.69) is 10.0 Å². The summed E-state index contributed by atoms with van der Waals surface area (Å²) in [6.07, 6.45) is 4.73. The zero-order valence-corrected chi connectivity index (χ0v) is 11.5. The summed E-state index contributed by atoms with van der Waals surface area (Å²) in [6.45, 7) is 0.566. The summed E-state index contributed by atoms with van der Waals surface area (Å²) in [6, 6.07) is 6.79. The Morgan fingerprint density at radius 2 is 1.78 bits per heavy atom. The SMILES string of the molecule is CNc1ccc(S(=O)(=O)NCC2CCCC2)cc1. The first-order valence-corrected chi connectivity index (χ1v) is 7.87. The van der Waals surface area contributed by atoms with Crippen LogP contribution in [0.25, 0.3) is 0 Å². The van der Waals surface area contributed by atoms with Crippen LogP contribution in [0.4, 0.5) is 5.69 Å². The molecule has 1 aromatic rings. The molecule has 5 heteroatoms. The molecule has 1 saturated carbocycles. The van der Waals surface area contributed by atoms with Gasteiger partial charge in [0, 0.05) is 19.3 Å². The number of benzene rings is 1. The fraction of sp³-hybridized carbons (Fsp3) is 0.538. The van der Waals surface area contributed by atoms with Gasteiger partial charge in [-0.15, -0.1) is 0 Å². The van der Waals surface area contributed by atoms with Crippen molar-refractivity contribution in [1.82, 2.24) is 4.72 Å². The first-order chi connectivity index (χ1) is 8.62. The van der Waals surface area contributed by atoms with Crippen LogP contribution in [0.5, 0.6) is 0 Å². The van der Waals surface area contributed by atoms with Crippen molar-refractivity contribution in [2.24, 2.45) is 5.92 Å². The highest BCUT2D eigenvalue weighted by molar-refractivity contribution is 7.89. The lowest BCUT2D eigenvalue weighted by molar-refractivity contribution is 0.519. The Balaban J connectivity index is 2.00. The molecule has 1 aliphatic carbocycles. The molecule has 0 radical (unpaired) electrons. The Labute approximate surface area is 109 Å². The second-order valence-electron chi connectivity index (χ2n) is 4.78. The molecule has 0 aromatic heterocycles. The lowest BCUT2D eigenvalue weighted by Gasteiger charge is -2.11. The smallest absolute Gasteiger partial charge is 0.240 e. The third-order valence-corrected chi connectivity index (χ3v) is 4.93. The molecule has 0 atom stereocenters. The first kappa shape index (κ1) is 13.4. The lowest BCUT2D eigenvalue weighted by atomic mass is 10.1. The van der Waals surface area contributed by atoms with Crippen molar-refractivity contribution in [3.05, 3.63) is 24.3 Å². The second kappa shape index (κ2) is 5.71. The molecule has 2 N–H and O–H groups in total. The van der Waals surface area contributed by atoms with Crippen LogP contribution < -0.4 is 10.0 Å². The number of anilines is 1. The third-order valence-electron chi connectivity index (χ3n) is 3.49. The summed E-state index contributed by atoms with van der Waals surface area (Å²) in [5.41, 5.74) is 0.907. The lowest BCUT2D eigenvalue weighted by Crippen LogP contribution is -2.28. The van der Waals surface area contributed by atoms with Gasteiger partial charge in [-0.25, -0.2) is 13.1 Å². The molecule has 1 fully saturated rings. The number of hydrogen-bond acceptors (Lipinski definition) is 3. The Morgan fingerprint density at radius 3 is 2.33 bits per heavy atom. The maximum Gasteiger partial charge on any atom is 0.240 e. The highest BCUT2D eigenvalue weighted by Gasteiger charge is 2.19. The topological polar surface area (TPSA) is 58.2 Å². The Bertz CT molecular complexity index is 476. The maximum atomic E-state index is 12.1. The Kier molecular flexibility index (Phi) is 4.24. The summed E-state index contributed by atoms with van der Waals surface area (Å²) >= 11 is 0. The van der Waals surface area contributed by atoms with E-state index >= 15 is 0 Å². The minimum Gasteiger partial charge on any atom is -0.388 e. The van der Waals surface area contributed by atoms with Gasteiger partial charge in [-0.1, -0.05) is 12.8 Å². The third kappa shape index (κ3) is 3.23. The zero-order chi connectivity index (χ0) is 13.0. The van der Waals surface area contributed by atoms with Crippen LogP contribution in [0.3, 0.4) is 0 Å². The number of sulfonamides is 1. The van der Waals surface area contributed by atoms with Gasteiger partial charge in [0.1, 0.15) is 0 Å². The molecule has 18 heavy (non-hydrogen) atoms. The van der Waals surface area contributed by atoms with E-state index in [9.17, 15) is 8.42 Å². The van der Waals surface area contributed by atoms with Gasteiger partial charge in [0.15, 0.2) is 0 Å². The number of nitrogens with one attached hydrogen (secondary N) is 2. The standard InChI is InChI=1S/C13H20N2O2S/c1-14-12-6-8-13(9-7-12)18(16,17)15-10-11-4-2-3-5-11/h6-9,11,14-15H,2-5,10H2,1H3. The molecule has 0 aliphatic heterocycles. The van der Waals surface area contributed by atoms with E-state index in [1.54, 1.807) is 24.3 Å². The van der Waals surface area contributed by atoms with Gasteiger partial charge in [0.05, 0.1) is 4.90 Å². The van der Waals surface area contributed by atoms with Gasteiger partial charge in [0.2, 0.25) is 10.0 Å². The van der Waals surface area contributed by atoms with Gasteiger partial charge in [-0.2, -0.15) is 0 Å². The summed E-state index contributed by atoms with van der Waals surface area (Å²) in [7, 11) is -1.54. The molecule has 2 rings (SSSR count). The van der Waals surface area contributed by atoms with E-state index in [4.69, 9.17) is 0 Å². The van der Waals surface area contributed by atoms with Crippen molar-refractivity contribution < 1.29 is 8.42 Å². The van der Waals surface area contributed by atoms with Crippen LogP contribution in [0.1, 0.15) is 25.7 Å². The van der Waals surface area contributed by atoms with Crippen LogP contribution in [0, 0.1) is 5.92 Å². The zero-order valence-electron chi connectivity index (χ0n) is 10.6. The molecule has 0 amide bonds. The van der Waals surface area contributed by atoms with Crippen molar-refractivity contribution >= 4 is 15.7 Å². The fourth-order valence-corrected chi connectivity index (χ4v) is 3.44. The van der Waals surface area contributed by atoms with Crippen molar-refractivity contribution in [2.45, 2.75) is 30.6 Å². The first-order valence-electron chi connectivity index (χ1n) is 6.39. The molecule has 0 saturated heterocycles. The second-order valence-corrected chi connectivity index (χ2v) is 6.54. The van der Waals surface area contributed by atoms with E-state index in [-0.39, 0.29) is 0 Å². The monoisotopic (exact) mass is 268 g/mol. The van der Waals surface area contributed by atoms with Crippen LogP contribution in [-0.2, 0) is 10.0 Å². The van der Waals surface area contributed by atoms with Gasteiger partial charge >= 0.3 is 0 Å². The van der Waals surface area contributed by atoms with Gasteiger partial charge in [0.25, 0.3) is 0 Å². The molecule has 0 bridgehead atoms. The molecule has 4 nitrogen and oxygen atoms in total. The van der Waals surface area contributed by atoms with Crippen molar-refractivity contribution in [3.8, 4) is 0 Å². The summed E-state index contributed by atoms with van der Waals surface area (Å²) in [4.78, 5) is 0.333. The minimum absolute atomic E-state index is 0.333. The van der Waals surface area contributed by atoms with Crippen LogP contribution in [0.15, 0.2) is 29.2 Å². The van der Waals surface area contributed by atoms with Crippen LogP contribution in [-0.4, -0.2) is 22.0 Å². The summed E-state index contributed by atoms with van der Waals surface area (Å²) < 4.78 is 26.8. The molecule has 1 aliphatic rings. The molecule has 1 aromatic carbocycles. The predicted molar refractivity (Wildman–Crippen MR) is 73.1 cm³/mol. The molecule has 0 heterocycles. The van der Waals surface area contributed by atoms with Crippen molar-refractivity contribution in [3.63, 3.8) is 0 Å². The average molecular weight is 268 g/mol. The van der Waals surface area contributed by atoms with E-state index in [0.29, 0.717) is 17.4 Å².